The van der Waals surface area contributed by atoms with Crippen molar-refractivity contribution in [2.24, 2.45) is 0 Å². The topological polar surface area (TPSA) is 125 Å². The monoisotopic (exact) mass is 991 g/mol. The van der Waals surface area contributed by atoms with Gasteiger partial charge in [0.15, 0.2) is 0 Å². The van der Waals surface area contributed by atoms with Gasteiger partial charge < -0.3 is 29.9 Å². The van der Waals surface area contributed by atoms with Gasteiger partial charge in [-0.05, 0) is 122 Å². The van der Waals surface area contributed by atoms with E-state index in [0.717, 1.165) is 148 Å². The number of esters is 2. The number of aliphatic hydroxyl groups is 2. The van der Waals surface area contributed by atoms with Crippen LogP contribution in [0.3, 0.4) is 0 Å². The van der Waals surface area contributed by atoms with Gasteiger partial charge in [-0.15, -0.1) is 0 Å². The smallest absolute Gasteiger partial charge is 0.306 e. The molecule has 0 bridgehead atoms. The summed E-state index contributed by atoms with van der Waals surface area (Å²) in [5.41, 5.74) is 0. The van der Waals surface area contributed by atoms with Crippen LogP contribution in [0, 0.1) is 0 Å². The van der Waals surface area contributed by atoms with E-state index in [9.17, 15) is 24.6 Å². The van der Waals surface area contributed by atoms with E-state index in [1.807, 2.05) is 0 Å². The molecule has 70 heavy (non-hydrogen) atoms. The molecule has 0 saturated heterocycles. The number of carbonyl (C=O) groups is 3. The third kappa shape index (κ3) is 47.1. The molecule has 0 saturated carbocycles. The Labute approximate surface area is 434 Å². The van der Waals surface area contributed by atoms with Crippen LogP contribution in [0.15, 0.2) is 12.2 Å². The first-order chi connectivity index (χ1) is 34.2. The van der Waals surface area contributed by atoms with Crippen LogP contribution in [0.2, 0.25) is 0 Å². The Bertz CT molecular complexity index is 1070. The lowest BCUT2D eigenvalue weighted by atomic mass is 10.0. The Hall–Kier alpha value is -1.97. The number of amides is 1. The van der Waals surface area contributed by atoms with Crippen molar-refractivity contribution in [3.05, 3.63) is 12.2 Å². The maximum atomic E-state index is 12.9. The molecule has 0 aliphatic rings. The SMILES string of the molecule is CCCCCCCCC(CCCCCCCC)OC(=O)CCCCCCCN(CCCCCCCC(=O)OC(CCCCCCCC)CCCCCCCC)CCCCNC(=O)/C=C/C(O)C(O)CC. The molecule has 0 aromatic carbocycles. The lowest BCUT2D eigenvalue weighted by Crippen LogP contribution is -2.29. The number of aliphatic hydroxyl groups excluding tert-OH is 2. The Kier molecular flexibility index (Phi) is 51.8. The quantitative estimate of drug-likeness (QED) is 0.0313. The molecule has 0 aromatic heterocycles. The van der Waals surface area contributed by atoms with Gasteiger partial charge in [-0.25, -0.2) is 0 Å². The van der Waals surface area contributed by atoms with Crippen molar-refractivity contribution < 1.29 is 34.1 Å². The molecule has 0 aliphatic heterocycles. The minimum absolute atomic E-state index is 0.000543. The van der Waals surface area contributed by atoms with Gasteiger partial charge in [-0.1, -0.05) is 202 Å². The third-order valence-corrected chi connectivity index (χ3v) is 14.3. The van der Waals surface area contributed by atoms with Crippen molar-refractivity contribution in [1.82, 2.24) is 10.2 Å². The number of nitrogens with zero attached hydrogens (tertiary/aromatic N) is 1. The van der Waals surface area contributed by atoms with E-state index in [2.05, 4.69) is 37.9 Å². The van der Waals surface area contributed by atoms with Crippen molar-refractivity contribution >= 4 is 17.8 Å². The van der Waals surface area contributed by atoms with Gasteiger partial charge in [0, 0.05) is 25.5 Å². The van der Waals surface area contributed by atoms with E-state index in [0.29, 0.717) is 25.8 Å². The predicted molar refractivity (Wildman–Crippen MR) is 297 cm³/mol. The largest absolute Gasteiger partial charge is 0.462 e. The van der Waals surface area contributed by atoms with Gasteiger partial charge in [0.25, 0.3) is 0 Å². The molecule has 0 aliphatic carbocycles. The molecule has 414 valence electrons. The summed E-state index contributed by atoms with van der Waals surface area (Å²) in [5.74, 6) is -0.248. The minimum Gasteiger partial charge on any atom is -0.462 e. The van der Waals surface area contributed by atoms with E-state index in [-0.39, 0.29) is 30.1 Å². The molecular formula is C61H118N2O7. The highest BCUT2D eigenvalue weighted by atomic mass is 16.5. The number of hydrogen-bond acceptors (Lipinski definition) is 8. The average Bonchev–Trinajstić information content (AvgIpc) is 3.35. The molecule has 0 rings (SSSR count). The average molecular weight is 992 g/mol. The highest BCUT2D eigenvalue weighted by molar-refractivity contribution is 5.87. The highest BCUT2D eigenvalue weighted by Gasteiger charge is 2.16. The zero-order chi connectivity index (χ0) is 51.4. The van der Waals surface area contributed by atoms with Gasteiger partial charge >= 0.3 is 11.9 Å². The normalized spacial score (nSPS) is 12.7. The molecular weight excluding hydrogens is 873 g/mol. The number of nitrogens with one attached hydrogen (secondary N) is 1. The van der Waals surface area contributed by atoms with Gasteiger partial charge in [0.1, 0.15) is 12.2 Å². The van der Waals surface area contributed by atoms with Crippen molar-refractivity contribution in [1.29, 1.82) is 0 Å². The standard InChI is InChI=1S/C61H118N2O7/c1-6-11-15-19-25-33-43-55(44-34-26-20-16-12-7-2)69-60(67)47-37-29-23-31-40-52-63(54-42-39-51-62-59(66)50-49-58(65)57(64)10-5)53-41-32-24-30-38-48-61(68)70-56(45-35-27-21-17-13-8-3)46-36-28-22-18-14-9-4/h49-50,55-58,64-65H,6-48,51-54H2,1-5H3,(H,62,66)/b50-49+. The van der Waals surface area contributed by atoms with Crippen LogP contribution >= 0.6 is 0 Å². The van der Waals surface area contributed by atoms with Crippen molar-refractivity contribution in [3.63, 3.8) is 0 Å². The molecule has 0 spiro atoms. The lowest BCUT2D eigenvalue weighted by Gasteiger charge is -2.22. The number of carbonyl (C=O) groups excluding carboxylic acids is 3. The Morgan fingerprint density at radius 3 is 1.10 bits per heavy atom. The zero-order valence-corrected chi connectivity index (χ0v) is 47.1. The van der Waals surface area contributed by atoms with Gasteiger partial charge in [-0.3, -0.25) is 14.4 Å². The second-order valence-electron chi connectivity index (χ2n) is 21.2. The fourth-order valence-electron chi connectivity index (χ4n) is 9.52. The van der Waals surface area contributed by atoms with Crippen molar-refractivity contribution in [3.8, 4) is 0 Å². The van der Waals surface area contributed by atoms with E-state index < -0.39 is 12.2 Å². The third-order valence-electron chi connectivity index (χ3n) is 14.3. The molecule has 1 amide bonds. The van der Waals surface area contributed by atoms with Crippen LogP contribution in [-0.2, 0) is 23.9 Å². The fraction of sp³-hybridized carbons (Fsp3) is 0.918. The van der Waals surface area contributed by atoms with Crippen LogP contribution in [0.1, 0.15) is 311 Å². The number of rotatable bonds is 55. The van der Waals surface area contributed by atoms with E-state index in [1.54, 1.807) is 6.92 Å². The summed E-state index contributed by atoms with van der Waals surface area (Å²) in [4.78, 5) is 40.7. The molecule has 0 heterocycles. The van der Waals surface area contributed by atoms with Crippen molar-refractivity contribution in [2.75, 3.05) is 26.2 Å². The highest BCUT2D eigenvalue weighted by Crippen LogP contribution is 2.21. The summed E-state index contributed by atoms with van der Waals surface area (Å²) in [7, 11) is 0. The van der Waals surface area contributed by atoms with E-state index in [4.69, 9.17) is 9.47 Å². The predicted octanol–water partition coefficient (Wildman–Crippen LogP) is 16.4. The minimum atomic E-state index is -1.04. The molecule has 2 unspecified atom stereocenters. The number of hydrogen-bond donors (Lipinski definition) is 3. The first kappa shape index (κ1) is 68.0. The summed E-state index contributed by atoms with van der Waals surface area (Å²) in [6, 6.07) is 0. The molecule has 9 heteroatoms. The maximum Gasteiger partial charge on any atom is 0.306 e. The summed E-state index contributed by atoms with van der Waals surface area (Å²) < 4.78 is 12.2. The first-order valence-electron chi connectivity index (χ1n) is 30.6. The molecule has 9 nitrogen and oxygen atoms in total. The van der Waals surface area contributed by atoms with Gasteiger partial charge in [-0.2, -0.15) is 0 Å². The second-order valence-corrected chi connectivity index (χ2v) is 21.2. The Morgan fingerprint density at radius 2 is 0.743 bits per heavy atom. The Morgan fingerprint density at radius 1 is 0.429 bits per heavy atom. The van der Waals surface area contributed by atoms with Crippen LogP contribution in [-0.4, -0.2) is 83.6 Å². The number of ether oxygens (including phenoxy) is 2. The van der Waals surface area contributed by atoms with Crippen LogP contribution in [0.5, 0.6) is 0 Å². The van der Waals surface area contributed by atoms with Crippen molar-refractivity contribution in [2.45, 2.75) is 335 Å². The molecule has 0 radical (unpaired) electrons. The summed E-state index contributed by atoms with van der Waals surface area (Å²) >= 11 is 0. The summed E-state index contributed by atoms with van der Waals surface area (Å²) in [5, 5.41) is 22.6. The second kappa shape index (κ2) is 53.3. The molecule has 0 fully saturated rings. The maximum absolute atomic E-state index is 12.9. The fourth-order valence-corrected chi connectivity index (χ4v) is 9.52. The zero-order valence-electron chi connectivity index (χ0n) is 47.1. The molecule has 3 N–H and O–H groups in total. The van der Waals surface area contributed by atoms with Gasteiger partial charge in [0.05, 0.1) is 12.2 Å². The first-order valence-corrected chi connectivity index (χ1v) is 30.6. The lowest BCUT2D eigenvalue weighted by molar-refractivity contribution is -0.151. The molecule has 2 atom stereocenters. The summed E-state index contributed by atoms with van der Waals surface area (Å²) in [6.45, 7) is 14.5. The number of unbranched alkanes of at least 4 members (excludes halogenated alkanes) is 29. The van der Waals surface area contributed by atoms with Crippen LogP contribution in [0.25, 0.3) is 0 Å². The van der Waals surface area contributed by atoms with E-state index >= 15 is 0 Å². The summed E-state index contributed by atoms with van der Waals surface area (Å²) in [6.07, 6.45) is 49.5. The Balaban J connectivity index is 4.86. The van der Waals surface area contributed by atoms with Crippen LogP contribution < -0.4 is 5.32 Å². The van der Waals surface area contributed by atoms with Crippen LogP contribution in [0.4, 0.5) is 0 Å². The molecule has 0 aromatic rings. The van der Waals surface area contributed by atoms with E-state index in [1.165, 1.54) is 141 Å². The van der Waals surface area contributed by atoms with Gasteiger partial charge in [0.2, 0.25) is 5.91 Å².